The molecule has 1 heterocycles. The minimum atomic E-state index is 0.0368. The maximum absolute atomic E-state index is 11.3. The van der Waals surface area contributed by atoms with Crippen molar-refractivity contribution in [2.24, 2.45) is 17.3 Å². The van der Waals surface area contributed by atoms with Crippen LogP contribution < -0.4 is 0 Å². The minimum absolute atomic E-state index is 0.0368. The van der Waals surface area contributed by atoms with Crippen molar-refractivity contribution in [2.75, 3.05) is 6.61 Å². The van der Waals surface area contributed by atoms with Crippen molar-refractivity contribution in [1.29, 1.82) is 0 Å². The van der Waals surface area contributed by atoms with Crippen molar-refractivity contribution < 1.29 is 9.53 Å². The summed E-state index contributed by atoms with van der Waals surface area (Å²) in [5.41, 5.74) is 1.61. The van der Waals surface area contributed by atoms with Crippen molar-refractivity contribution in [3.8, 4) is 0 Å². The molecular formula is C12H18O2. The van der Waals surface area contributed by atoms with E-state index in [1.54, 1.807) is 0 Å². The van der Waals surface area contributed by atoms with Crippen LogP contribution in [-0.4, -0.2) is 12.6 Å². The highest BCUT2D eigenvalue weighted by Gasteiger charge is 2.68. The summed E-state index contributed by atoms with van der Waals surface area (Å²) >= 11 is 0. The van der Waals surface area contributed by atoms with Crippen molar-refractivity contribution in [2.45, 2.75) is 33.6 Å². The van der Waals surface area contributed by atoms with E-state index in [0.717, 1.165) is 12.8 Å². The molecule has 0 N–H and O–H groups in total. The third-order valence-corrected chi connectivity index (χ3v) is 3.75. The maximum atomic E-state index is 11.3. The molecule has 1 saturated heterocycles. The van der Waals surface area contributed by atoms with Gasteiger partial charge in [0.15, 0.2) is 0 Å². The molecule has 0 spiro atoms. The highest BCUT2D eigenvalue weighted by molar-refractivity contribution is 5.80. The van der Waals surface area contributed by atoms with Crippen LogP contribution in [0.2, 0.25) is 0 Å². The van der Waals surface area contributed by atoms with Crippen LogP contribution >= 0.6 is 0 Å². The zero-order chi connectivity index (χ0) is 10.3. The first kappa shape index (κ1) is 9.75. The minimum Gasteiger partial charge on any atom is -0.465 e. The van der Waals surface area contributed by atoms with Gasteiger partial charge < -0.3 is 4.74 Å². The Morgan fingerprint density at radius 2 is 2.36 bits per heavy atom. The van der Waals surface area contributed by atoms with Crippen LogP contribution in [-0.2, 0) is 9.53 Å². The molecule has 1 aliphatic carbocycles. The van der Waals surface area contributed by atoms with Gasteiger partial charge in [-0.15, -0.1) is 0 Å². The van der Waals surface area contributed by atoms with Gasteiger partial charge in [0, 0.05) is 5.92 Å². The normalized spacial score (nSPS) is 38.9. The molecule has 0 aromatic carbocycles. The van der Waals surface area contributed by atoms with E-state index in [1.807, 2.05) is 0 Å². The highest BCUT2D eigenvalue weighted by Crippen LogP contribution is 2.64. The van der Waals surface area contributed by atoms with Crippen LogP contribution in [0.5, 0.6) is 0 Å². The molecule has 3 atom stereocenters. The Kier molecular flexibility index (Phi) is 2.17. The summed E-state index contributed by atoms with van der Waals surface area (Å²) in [7, 11) is 0. The summed E-state index contributed by atoms with van der Waals surface area (Å²) in [5, 5.41) is 0. The van der Waals surface area contributed by atoms with E-state index < -0.39 is 0 Å². The van der Waals surface area contributed by atoms with Gasteiger partial charge in [0.25, 0.3) is 0 Å². The fourth-order valence-electron chi connectivity index (χ4n) is 2.66. The van der Waals surface area contributed by atoms with E-state index in [1.165, 1.54) is 5.57 Å². The van der Waals surface area contributed by atoms with Gasteiger partial charge in [0.2, 0.25) is 0 Å². The third-order valence-electron chi connectivity index (χ3n) is 3.75. The molecule has 2 nitrogen and oxygen atoms in total. The molecule has 0 bridgehead atoms. The lowest BCUT2D eigenvalue weighted by Gasteiger charge is -2.13. The molecule has 0 unspecified atom stereocenters. The van der Waals surface area contributed by atoms with E-state index >= 15 is 0 Å². The predicted octanol–water partition coefficient (Wildman–Crippen LogP) is 2.54. The Hall–Kier alpha value is -0.790. The SMILES string of the molecule is CC(C)=CCC[C@@]1(C)[C@@H]2COC(=O)[C@@H]21. The number of esters is 1. The lowest BCUT2D eigenvalue weighted by molar-refractivity contribution is -0.143. The van der Waals surface area contributed by atoms with Gasteiger partial charge in [-0.2, -0.15) is 0 Å². The van der Waals surface area contributed by atoms with Crippen molar-refractivity contribution in [1.82, 2.24) is 0 Å². The molecule has 0 amide bonds. The lowest BCUT2D eigenvalue weighted by atomic mass is 9.96. The number of ether oxygens (including phenoxy) is 1. The Bertz CT molecular complexity index is 289. The van der Waals surface area contributed by atoms with Gasteiger partial charge in [-0.25, -0.2) is 0 Å². The summed E-state index contributed by atoms with van der Waals surface area (Å²) in [5.74, 6) is 0.767. The zero-order valence-corrected chi connectivity index (χ0v) is 9.17. The third kappa shape index (κ3) is 1.37. The average molecular weight is 194 g/mol. The Labute approximate surface area is 85.3 Å². The van der Waals surface area contributed by atoms with Crippen LogP contribution in [0.4, 0.5) is 0 Å². The van der Waals surface area contributed by atoms with Crippen molar-refractivity contribution in [3.63, 3.8) is 0 Å². The molecule has 0 aromatic rings. The molecule has 1 saturated carbocycles. The molecule has 2 rings (SSSR count). The first-order valence-corrected chi connectivity index (χ1v) is 5.36. The first-order chi connectivity index (χ1) is 6.55. The van der Waals surface area contributed by atoms with E-state index in [2.05, 4.69) is 26.8 Å². The van der Waals surface area contributed by atoms with Crippen LogP contribution in [0.1, 0.15) is 33.6 Å². The maximum Gasteiger partial charge on any atom is 0.309 e. The molecule has 14 heavy (non-hydrogen) atoms. The summed E-state index contributed by atoms with van der Waals surface area (Å²) in [4.78, 5) is 11.3. The summed E-state index contributed by atoms with van der Waals surface area (Å²) in [6.45, 7) is 7.12. The van der Waals surface area contributed by atoms with E-state index in [4.69, 9.17) is 4.74 Å². The molecule has 0 aromatic heterocycles. The second-order valence-electron chi connectivity index (χ2n) is 5.04. The fourth-order valence-corrected chi connectivity index (χ4v) is 2.66. The van der Waals surface area contributed by atoms with Gasteiger partial charge >= 0.3 is 5.97 Å². The second kappa shape index (κ2) is 3.11. The number of hydrogen-bond donors (Lipinski definition) is 0. The topological polar surface area (TPSA) is 26.3 Å². The van der Waals surface area contributed by atoms with E-state index in [-0.39, 0.29) is 17.3 Å². The van der Waals surface area contributed by atoms with Crippen LogP contribution in [0, 0.1) is 17.3 Å². The molecule has 78 valence electrons. The Balaban J connectivity index is 1.89. The zero-order valence-electron chi connectivity index (χ0n) is 9.17. The predicted molar refractivity (Wildman–Crippen MR) is 54.7 cm³/mol. The molecule has 2 aliphatic rings. The summed E-state index contributed by atoms with van der Waals surface area (Å²) in [6, 6.07) is 0. The highest BCUT2D eigenvalue weighted by atomic mass is 16.5. The quantitative estimate of drug-likeness (QED) is 0.510. The average Bonchev–Trinajstić information content (AvgIpc) is 2.47. The monoisotopic (exact) mass is 194 g/mol. The molecule has 2 heteroatoms. The van der Waals surface area contributed by atoms with Gasteiger partial charge in [-0.3, -0.25) is 4.79 Å². The first-order valence-electron chi connectivity index (χ1n) is 5.36. The molecule has 2 fully saturated rings. The number of rotatable bonds is 3. The number of cyclic esters (lactones) is 1. The number of allylic oxidation sites excluding steroid dienone is 2. The van der Waals surface area contributed by atoms with Crippen molar-refractivity contribution in [3.05, 3.63) is 11.6 Å². The van der Waals surface area contributed by atoms with E-state index in [9.17, 15) is 4.79 Å². The number of hydrogen-bond acceptors (Lipinski definition) is 2. The number of fused-ring (bicyclic) bond motifs is 1. The van der Waals surface area contributed by atoms with Crippen LogP contribution in [0.3, 0.4) is 0 Å². The number of carbonyl (C=O) groups is 1. The van der Waals surface area contributed by atoms with Crippen molar-refractivity contribution >= 4 is 5.97 Å². The van der Waals surface area contributed by atoms with Gasteiger partial charge in [-0.05, 0) is 32.1 Å². The van der Waals surface area contributed by atoms with Crippen LogP contribution in [0.25, 0.3) is 0 Å². The summed E-state index contributed by atoms with van der Waals surface area (Å²) < 4.78 is 4.98. The standard InChI is InChI=1S/C12H18O2/c1-8(2)5-4-6-12(3)9-7-14-11(13)10(9)12/h5,9-10H,4,6-7H2,1-3H3/t9-,10-,12+/m1/s1. The largest absolute Gasteiger partial charge is 0.465 e. The smallest absolute Gasteiger partial charge is 0.309 e. The van der Waals surface area contributed by atoms with Gasteiger partial charge in [0.05, 0.1) is 12.5 Å². The Morgan fingerprint density at radius 3 is 2.86 bits per heavy atom. The lowest BCUT2D eigenvalue weighted by Crippen LogP contribution is -2.13. The van der Waals surface area contributed by atoms with E-state index in [0.29, 0.717) is 12.5 Å². The summed E-state index contributed by atoms with van der Waals surface area (Å²) in [6.07, 6.45) is 4.48. The Morgan fingerprint density at radius 1 is 1.64 bits per heavy atom. The number of carbonyl (C=O) groups excluding carboxylic acids is 1. The molecular weight excluding hydrogens is 176 g/mol. The molecule has 0 radical (unpaired) electrons. The fraction of sp³-hybridized carbons (Fsp3) is 0.750. The van der Waals surface area contributed by atoms with Gasteiger partial charge in [0.1, 0.15) is 0 Å². The van der Waals surface area contributed by atoms with Gasteiger partial charge in [-0.1, -0.05) is 18.6 Å². The second-order valence-corrected chi connectivity index (χ2v) is 5.04. The molecule has 1 aliphatic heterocycles. The van der Waals surface area contributed by atoms with Crippen LogP contribution in [0.15, 0.2) is 11.6 Å².